The van der Waals surface area contributed by atoms with E-state index in [1.54, 1.807) is 0 Å². The molecule has 0 unspecified atom stereocenters. The van der Waals surface area contributed by atoms with E-state index in [0.29, 0.717) is 0 Å². The third-order valence-electron chi connectivity index (χ3n) is 0.673. The van der Waals surface area contributed by atoms with Crippen LogP contribution in [0.4, 0.5) is 0 Å². The summed E-state index contributed by atoms with van der Waals surface area (Å²) < 4.78 is 0. The maximum Gasteiger partial charge on any atom is 0.0590 e. The van der Waals surface area contributed by atoms with Crippen molar-refractivity contribution in [3.05, 3.63) is 12.2 Å². The van der Waals surface area contributed by atoms with Gasteiger partial charge in [-0.3, -0.25) is 4.99 Å². The van der Waals surface area contributed by atoms with E-state index in [2.05, 4.69) is 18.5 Å². The molecule has 0 aliphatic heterocycles. The van der Waals surface area contributed by atoms with Crippen LogP contribution in [0, 0.1) is 0 Å². The van der Waals surface area contributed by atoms with Crippen molar-refractivity contribution >= 4 is 6.21 Å². The number of nitrogens with zero attached hydrogens (tertiary/aromatic N) is 1. The van der Waals surface area contributed by atoms with E-state index >= 15 is 0 Å². The number of hydrogen-bond donors (Lipinski definition) is 0. The predicted octanol–water partition coefficient (Wildman–Crippen LogP) is 2.04. The van der Waals surface area contributed by atoms with Crippen LogP contribution in [-0.4, -0.2) is 12.8 Å². The minimum absolute atomic E-state index is 0.786. The van der Waals surface area contributed by atoms with Crippen molar-refractivity contribution in [1.82, 2.24) is 0 Å². The molecule has 0 heterocycles. The van der Waals surface area contributed by atoms with Gasteiger partial charge in [-0.25, -0.2) is 0 Å². The zero-order valence-electron chi connectivity index (χ0n) is 5.65. The fourth-order valence-electron chi connectivity index (χ4n) is 0.349. The Morgan fingerprint density at radius 2 is 2.38 bits per heavy atom. The SMILES string of the molecule is C=C(C)C/N=C\CC. The third-order valence-corrected chi connectivity index (χ3v) is 0.673. The largest absolute Gasteiger partial charge is 0.293 e. The summed E-state index contributed by atoms with van der Waals surface area (Å²) in [6.07, 6.45) is 2.93. The van der Waals surface area contributed by atoms with Gasteiger partial charge < -0.3 is 0 Å². The molecule has 0 aromatic carbocycles. The van der Waals surface area contributed by atoms with Crippen molar-refractivity contribution in [2.45, 2.75) is 20.3 Å². The lowest BCUT2D eigenvalue weighted by molar-refractivity contribution is 1.13. The molecule has 0 radical (unpaired) electrons. The molecule has 0 amide bonds. The van der Waals surface area contributed by atoms with E-state index in [0.717, 1.165) is 18.5 Å². The Morgan fingerprint density at radius 3 is 2.75 bits per heavy atom. The first kappa shape index (κ1) is 7.41. The Kier molecular flexibility index (Phi) is 4.23. The topological polar surface area (TPSA) is 12.4 Å². The van der Waals surface area contributed by atoms with Crippen molar-refractivity contribution in [2.24, 2.45) is 4.99 Å². The highest BCUT2D eigenvalue weighted by Gasteiger charge is 1.75. The van der Waals surface area contributed by atoms with Crippen molar-refractivity contribution in [3.63, 3.8) is 0 Å². The van der Waals surface area contributed by atoms with Gasteiger partial charge in [0.25, 0.3) is 0 Å². The Balaban J connectivity index is 3.16. The molecule has 46 valence electrons. The Hall–Kier alpha value is -0.590. The van der Waals surface area contributed by atoms with E-state index in [4.69, 9.17) is 0 Å². The Morgan fingerprint density at radius 1 is 1.75 bits per heavy atom. The fourth-order valence-corrected chi connectivity index (χ4v) is 0.349. The lowest BCUT2D eigenvalue weighted by atomic mass is 10.4. The van der Waals surface area contributed by atoms with Crippen LogP contribution >= 0.6 is 0 Å². The second-order valence-electron chi connectivity index (χ2n) is 1.89. The molecule has 0 atom stereocenters. The first-order valence-electron chi connectivity index (χ1n) is 2.90. The monoisotopic (exact) mass is 111 g/mol. The molecule has 1 nitrogen and oxygen atoms in total. The van der Waals surface area contributed by atoms with Crippen LogP contribution in [0.25, 0.3) is 0 Å². The minimum atomic E-state index is 0.786. The van der Waals surface area contributed by atoms with Gasteiger partial charge in [0.1, 0.15) is 0 Å². The highest BCUT2D eigenvalue weighted by atomic mass is 14.7. The highest BCUT2D eigenvalue weighted by Crippen LogP contribution is 1.85. The second-order valence-corrected chi connectivity index (χ2v) is 1.89. The normalized spacial score (nSPS) is 10.2. The Labute approximate surface area is 51.1 Å². The van der Waals surface area contributed by atoms with Gasteiger partial charge in [-0.05, 0) is 19.6 Å². The van der Waals surface area contributed by atoms with Crippen LogP contribution in [0.2, 0.25) is 0 Å². The summed E-state index contributed by atoms with van der Waals surface area (Å²) >= 11 is 0. The van der Waals surface area contributed by atoms with Crippen molar-refractivity contribution in [1.29, 1.82) is 0 Å². The third kappa shape index (κ3) is 5.41. The minimum Gasteiger partial charge on any atom is -0.293 e. The molecule has 0 aliphatic carbocycles. The molecule has 0 rings (SSSR count). The molecular weight excluding hydrogens is 98.1 g/mol. The average molecular weight is 111 g/mol. The molecule has 0 aromatic heterocycles. The summed E-state index contributed by atoms with van der Waals surface area (Å²) in [5.41, 5.74) is 1.12. The lowest BCUT2D eigenvalue weighted by Crippen LogP contribution is -1.79. The fraction of sp³-hybridized carbons (Fsp3) is 0.571. The summed E-state index contributed by atoms with van der Waals surface area (Å²) in [6, 6.07) is 0. The lowest BCUT2D eigenvalue weighted by Gasteiger charge is -1.86. The van der Waals surface area contributed by atoms with Gasteiger partial charge in [0.05, 0.1) is 6.54 Å². The van der Waals surface area contributed by atoms with Crippen LogP contribution in [0.5, 0.6) is 0 Å². The molecular formula is C7H13N. The number of aliphatic imine (C=N–C) groups is 1. The van der Waals surface area contributed by atoms with E-state index in [1.165, 1.54) is 0 Å². The van der Waals surface area contributed by atoms with Crippen LogP contribution in [0.1, 0.15) is 20.3 Å². The molecule has 0 saturated heterocycles. The van der Waals surface area contributed by atoms with Crippen LogP contribution in [0.3, 0.4) is 0 Å². The van der Waals surface area contributed by atoms with Gasteiger partial charge in [-0.15, -0.1) is 0 Å². The van der Waals surface area contributed by atoms with Crippen molar-refractivity contribution in [2.75, 3.05) is 6.54 Å². The van der Waals surface area contributed by atoms with Gasteiger partial charge in [0.2, 0.25) is 0 Å². The maximum absolute atomic E-state index is 4.06. The van der Waals surface area contributed by atoms with E-state index in [9.17, 15) is 0 Å². The zero-order valence-corrected chi connectivity index (χ0v) is 5.65. The van der Waals surface area contributed by atoms with Gasteiger partial charge in [-0.2, -0.15) is 0 Å². The molecule has 1 heteroatoms. The molecule has 0 aromatic rings. The molecule has 0 bridgehead atoms. The molecule has 8 heavy (non-hydrogen) atoms. The summed E-state index contributed by atoms with van der Waals surface area (Å²) in [5.74, 6) is 0. The maximum atomic E-state index is 4.06. The van der Waals surface area contributed by atoms with E-state index < -0.39 is 0 Å². The first-order chi connectivity index (χ1) is 3.77. The van der Waals surface area contributed by atoms with Gasteiger partial charge in [0, 0.05) is 0 Å². The molecule has 0 saturated carbocycles. The zero-order chi connectivity index (χ0) is 6.41. The van der Waals surface area contributed by atoms with E-state index in [-0.39, 0.29) is 0 Å². The number of rotatable bonds is 3. The molecule has 0 fully saturated rings. The average Bonchev–Trinajstić information content (AvgIpc) is 1.66. The molecule has 0 spiro atoms. The van der Waals surface area contributed by atoms with Crippen LogP contribution < -0.4 is 0 Å². The standard InChI is InChI=1S/C7H13N/c1-4-5-8-6-7(2)3/h5H,2,4,6H2,1,3H3/b8-5-. The second kappa shape index (κ2) is 4.57. The Bertz CT molecular complexity index is 92.6. The van der Waals surface area contributed by atoms with Crippen molar-refractivity contribution in [3.8, 4) is 0 Å². The molecule has 0 aliphatic rings. The quantitative estimate of drug-likeness (QED) is 0.390. The van der Waals surface area contributed by atoms with E-state index in [1.807, 2.05) is 13.1 Å². The summed E-state index contributed by atoms with van der Waals surface area (Å²) in [5, 5.41) is 0. The van der Waals surface area contributed by atoms with Crippen molar-refractivity contribution < 1.29 is 0 Å². The number of hydrogen-bond acceptors (Lipinski definition) is 1. The van der Waals surface area contributed by atoms with Gasteiger partial charge in [0.15, 0.2) is 0 Å². The van der Waals surface area contributed by atoms with Crippen LogP contribution in [0.15, 0.2) is 17.1 Å². The van der Waals surface area contributed by atoms with Gasteiger partial charge in [-0.1, -0.05) is 19.1 Å². The highest BCUT2D eigenvalue weighted by molar-refractivity contribution is 5.56. The first-order valence-corrected chi connectivity index (χ1v) is 2.90. The van der Waals surface area contributed by atoms with Gasteiger partial charge >= 0.3 is 0 Å². The summed E-state index contributed by atoms with van der Waals surface area (Å²) in [4.78, 5) is 4.06. The molecule has 0 N–H and O–H groups in total. The summed E-state index contributed by atoms with van der Waals surface area (Å²) in [7, 11) is 0. The summed E-state index contributed by atoms with van der Waals surface area (Å²) in [6.45, 7) is 8.55. The van der Waals surface area contributed by atoms with Crippen LogP contribution in [-0.2, 0) is 0 Å². The smallest absolute Gasteiger partial charge is 0.0590 e. The predicted molar refractivity (Wildman–Crippen MR) is 38.5 cm³/mol.